The smallest absolute Gasteiger partial charge is 0.239 e. The molecule has 1 saturated heterocycles. The molecule has 2 atom stereocenters. The number of likely N-dealkylation sites (tertiary alicyclic amines) is 1. The third-order valence-corrected chi connectivity index (χ3v) is 5.30. The summed E-state index contributed by atoms with van der Waals surface area (Å²) in [5.41, 5.74) is 1.34. The van der Waals surface area contributed by atoms with Crippen molar-refractivity contribution in [2.75, 3.05) is 32.5 Å². The monoisotopic (exact) mass is 329 g/mol. The minimum absolute atomic E-state index is 0.0345. The zero-order valence-electron chi connectivity index (χ0n) is 15.0. The van der Waals surface area contributed by atoms with Crippen LogP contribution in [0.25, 0.3) is 0 Å². The molecule has 2 heterocycles. The van der Waals surface area contributed by atoms with E-state index in [1.165, 1.54) is 0 Å². The fourth-order valence-electron chi connectivity index (χ4n) is 3.91. The van der Waals surface area contributed by atoms with E-state index in [9.17, 15) is 9.59 Å². The van der Waals surface area contributed by atoms with Gasteiger partial charge in [-0.15, -0.1) is 0 Å². The number of carbonyl (C=O) groups excluding carboxylic acids is 2. The van der Waals surface area contributed by atoms with Gasteiger partial charge in [0, 0.05) is 26.3 Å². The van der Waals surface area contributed by atoms with E-state index in [1.807, 2.05) is 24.3 Å². The summed E-state index contributed by atoms with van der Waals surface area (Å²) in [6.07, 6.45) is 1.58. The summed E-state index contributed by atoms with van der Waals surface area (Å²) in [5, 5.41) is 3.01. The van der Waals surface area contributed by atoms with Crippen LogP contribution >= 0.6 is 0 Å². The minimum Gasteiger partial charge on any atom is -0.347 e. The highest BCUT2D eigenvalue weighted by Gasteiger charge is 2.56. The zero-order chi connectivity index (χ0) is 17.5. The van der Waals surface area contributed by atoms with Crippen molar-refractivity contribution in [2.45, 2.75) is 38.1 Å². The third kappa shape index (κ3) is 2.71. The molecule has 0 aromatic heterocycles. The summed E-state index contributed by atoms with van der Waals surface area (Å²) < 4.78 is 0. The summed E-state index contributed by atoms with van der Waals surface area (Å²) in [6.45, 7) is 5.84. The number of rotatable bonds is 4. The Balaban J connectivity index is 1.94. The maximum Gasteiger partial charge on any atom is 0.239 e. The molecule has 0 radical (unpaired) electrons. The van der Waals surface area contributed by atoms with Crippen molar-refractivity contribution in [1.29, 1.82) is 0 Å². The number of likely N-dealkylation sites (N-methyl/N-ethyl adjacent to an activating group) is 1. The van der Waals surface area contributed by atoms with Gasteiger partial charge < -0.3 is 10.2 Å². The number of para-hydroxylation sites is 1. The number of anilines is 1. The first-order chi connectivity index (χ1) is 11.3. The average molecular weight is 329 g/mol. The van der Waals surface area contributed by atoms with Crippen molar-refractivity contribution in [2.24, 2.45) is 5.92 Å². The van der Waals surface area contributed by atoms with Gasteiger partial charge in [0.15, 0.2) is 0 Å². The standard InChI is InChI=1S/C19H27N3O2/c1-13(2)9-10-22-12-19(11-16(22)17(23)21(3)4)14-7-5-6-8-15(14)20-18(19)24/h5-8,13,16H,9-12H2,1-4H3,(H,20,24). The second-order valence-electron chi connectivity index (χ2n) is 7.69. The molecule has 1 N–H and O–H groups in total. The van der Waals surface area contributed by atoms with Gasteiger partial charge in [-0.1, -0.05) is 32.0 Å². The molecule has 0 bridgehead atoms. The fourth-order valence-corrected chi connectivity index (χ4v) is 3.91. The number of fused-ring (bicyclic) bond motifs is 2. The molecule has 3 rings (SSSR count). The SMILES string of the molecule is CC(C)CCN1CC2(CC1C(=O)N(C)C)C(=O)Nc1ccccc12. The number of nitrogens with one attached hydrogen (secondary N) is 1. The molecule has 1 fully saturated rings. The first-order valence-corrected chi connectivity index (χ1v) is 8.71. The molecule has 1 spiro atoms. The van der Waals surface area contributed by atoms with Gasteiger partial charge in [0.05, 0.1) is 11.5 Å². The molecule has 2 aliphatic heterocycles. The van der Waals surface area contributed by atoms with Crippen LogP contribution in [0, 0.1) is 5.92 Å². The Morgan fingerprint density at radius 1 is 1.38 bits per heavy atom. The van der Waals surface area contributed by atoms with E-state index in [2.05, 4.69) is 24.1 Å². The second-order valence-corrected chi connectivity index (χ2v) is 7.69. The highest BCUT2D eigenvalue weighted by atomic mass is 16.2. The van der Waals surface area contributed by atoms with Crippen LogP contribution in [-0.2, 0) is 15.0 Å². The second kappa shape index (κ2) is 6.20. The summed E-state index contributed by atoms with van der Waals surface area (Å²) >= 11 is 0. The highest BCUT2D eigenvalue weighted by Crippen LogP contribution is 2.46. The highest BCUT2D eigenvalue weighted by molar-refractivity contribution is 6.07. The Morgan fingerprint density at radius 2 is 2.08 bits per heavy atom. The van der Waals surface area contributed by atoms with Crippen molar-refractivity contribution in [3.63, 3.8) is 0 Å². The summed E-state index contributed by atoms with van der Waals surface area (Å²) in [7, 11) is 3.58. The summed E-state index contributed by atoms with van der Waals surface area (Å²) in [6, 6.07) is 7.65. The molecule has 0 aliphatic carbocycles. The van der Waals surface area contributed by atoms with E-state index in [0.29, 0.717) is 18.9 Å². The first kappa shape index (κ1) is 17.0. The zero-order valence-corrected chi connectivity index (χ0v) is 15.0. The molecule has 2 unspecified atom stereocenters. The normalized spacial score (nSPS) is 26.0. The van der Waals surface area contributed by atoms with Gasteiger partial charge in [-0.3, -0.25) is 14.5 Å². The maximum atomic E-state index is 12.8. The molecular formula is C19H27N3O2. The number of amides is 2. The van der Waals surface area contributed by atoms with Gasteiger partial charge in [0.2, 0.25) is 11.8 Å². The molecule has 5 nitrogen and oxygen atoms in total. The molecule has 1 aromatic rings. The lowest BCUT2D eigenvalue weighted by Crippen LogP contribution is -2.43. The quantitative estimate of drug-likeness (QED) is 0.920. The van der Waals surface area contributed by atoms with E-state index in [1.54, 1.807) is 19.0 Å². The van der Waals surface area contributed by atoms with Gasteiger partial charge in [-0.2, -0.15) is 0 Å². The van der Waals surface area contributed by atoms with Crippen LogP contribution in [0.3, 0.4) is 0 Å². The van der Waals surface area contributed by atoms with Gasteiger partial charge in [-0.05, 0) is 36.9 Å². The predicted octanol–water partition coefficient (Wildman–Crippen LogP) is 2.09. The largest absolute Gasteiger partial charge is 0.347 e. The molecular weight excluding hydrogens is 302 g/mol. The molecule has 2 aliphatic rings. The van der Waals surface area contributed by atoms with Crippen LogP contribution in [-0.4, -0.2) is 54.8 Å². The number of hydrogen-bond acceptors (Lipinski definition) is 3. The Bertz CT molecular complexity index is 656. The lowest BCUT2D eigenvalue weighted by Gasteiger charge is -2.26. The Kier molecular flexibility index (Phi) is 4.38. The third-order valence-electron chi connectivity index (χ3n) is 5.30. The molecule has 1 aromatic carbocycles. The van der Waals surface area contributed by atoms with Crippen molar-refractivity contribution >= 4 is 17.5 Å². The molecule has 0 saturated carbocycles. The van der Waals surface area contributed by atoms with Gasteiger partial charge in [-0.25, -0.2) is 0 Å². The van der Waals surface area contributed by atoms with Crippen LogP contribution in [0.15, 0.2) is 24.3 Å². The van der Waals surface area contributed by atoms with Crippen LogP contribution in [0.1, 0.15) is 32.3 Å². The van der Waals surface area contributed by atoms with Crippen molar-refractivity contribution in [3.05, 3.63) is 29.8 Å². The fraction of sp³-hybridized carbons (Fsp3) is 0.579. The van der Waals surface area contributed by atoms with Crippen LogP contribution < -0.4 is 5.32 Å². The van der Waals surface area contributed by atoms with E-state index >= 15 is 0 Å². The number of nitrogens with zero attached hydrogens (tertiary/aromatic N) is 2. The number of benzene rings is 1. The maximum absolute atomic E-state index is 12.8. The lowest BCUT2D eigenvalue weighted by atomic mass is 9.79. The van der Waals surface area contributed by atoms with Gasteiger partial charge in [0.25, 0.3) is 0 Å². The van der Waals surface area contributed by atoms with Gasteiger partial charge >= 0.3 is 0 Å². The molecule has 2 amide bonds. The Morgan fingerprint density at radius 3 is 2.75 bits per heavy atom. The van der Waals surface area contributed by atoms with E-state index in [-0.39, 0.29) is 17.9 Å². The Hall–Kier alpha value is -1.88. The lowest BCUT2D eigenvalue weighted by molar-refractivity contribution is -0.133. The van der Waals surface area contributed by atoms with Crippen molar-refractivity contribution in [3.8, 4) is 0 Å². The van der Waals surface area contributed by atoms with Gasteiger partial charge in [0.1, 0.15) is 0 Å². The topological polar surface area (TPSA) is 52.7 Å². The van der Waals surface area contributed by atoms with E-state index in [0.717, 1.165) is 24.2 Å². The average Bonchev–Trinajstić information content (AvgIpc) is 3.05. The molecule has 5 heteroatoms. The minimum atomic E-state index is -0.593. The van der Waals surface area contributed by atoms with Crippen LogP contribution in [0.4, 0.5) is 5.69 Å². The first-order valence-electron chi connectivity index (χ1n) is 8.71. The number of hydrogen-bond donors (Lipinski definition) is 1. The van der Waals surface area contributed by atoms with Crippen molar-refractivity contribution in [1.82, 2.24) is 9.80 Å². The summed E-state index contributed by atoms with van der Waals surface area (Å²) in [5.74, 6) is 0.696. The number of carbonyl (C=O) groups is 2. The van der Waals surface area contributed by atoms with E-state index < -0.39 is 5.41 Å². The van der Waals surface area contributed by atoms with Crippen molar-refractivity contribution < 1.29 is 9.59 Å². The summed E-state index contributed by atoms with van der Waals surface area (Å²) in [4.78, 5) is 29.4. The van der Waals surface area contributed by atoms with Crippen LogP contribution in [0.2, 0.25) is 0 Å². The van der Waals surface area contributed by atoms with E-state index in [4.69, 9.17) is 0 Å². The molecule has 130 valence electrons. The van der Waals surface area contributed by atoms with Crippen LogP contribution in [0.5, 0.6) is 0 Å². The Labute approximate surface area is 144 Å². The predicted molar refractivity (Wildman–Crippen MR) is 94.9 cm³/mol. The molecule has 24 heavy (non-hydrogen) atoms.